The van der Waals surface area contributed by atoms with Crippen molar-refractivity contribution in [1.29, 1.82) is 0 Å². The molecule has 3 heterocycles. The molecule has 6 rings (SSSR count). The number of carbonyl (C=O) groups is 1. The van der Waals surface area contributed by atoms with Crippen LogP contribution in [0, 0.1) is 5.92 Å². The highest BCUT2D eigenvalue weighted by atomic mass is 16.4. The molecule has 2 aliphatic rings. The Hall–Kier alpha value is -3.48. The van der Waals surface area contributed by atoms with Crippen LogP contribution in [0.2, 0.25) is 0 Å². The van der Waals surface area contributed by atoms with Gasteiger partial charge in [0.2, 0.25) is 0 Å². The summed E-state index contributed by atoms with van der Waals surface area (Å²) in [5, 5.41) is 25.3. The molecule has 7 heteroatoms. The van der Waals surface area contributed by atoms with Crippen LogP contribution in [-0.4, -0.2) is 36.3 Å². The molecular weight excluding hydrogens is 440 g/mol. The van der Waals surface area contributed by atoms with E-state index in [0.29, 0.717) is 12.5 Å². The van der Waals surface area contributed by atoms with Crippen LogP contribution in [0.3, 0.4) is 0 Å². The number of anilines is 1. The lowest BCUT2D eigenvalue weighted by molar-refractivity contribution is -0.143. The van der Waals surface area contributed by atoms with E-state index in [9.17, 15) is 15.0 Å². The number of nitrogens with one attached hydrogen (secondary N) is 1. The normalized spacial score (nSPS) is 23.2. The van der Waals surface area contributed by atoms with Crippen LogP contribution < -0.4 is 5.32 Å². The van der Waals surface area contributed by atoms with Gasteiger partial charge in [0, 0.05) is 34.8 Å². The van der Waals surface area contributed by atoms with Gasteiger partial charge in [0.1, 0.15) is 5.82 Å². The first-order valence-electron chi connectivity index (χ1n) is 12.7. The maximum absolute atomic E-state index is 11.9. The van der Waals surface area contributed by atoms with E-state index in [4.69, 9.17) is 4.98 Å². The van der Waals surface area contributed by atoms with Crippen LogP contribution in [0.15, 0.2) is 42.5 Å². The number of benzene rings is 2. The minimum absolute atomic E-state index is 0.0600. The molecule has 3 N–H and O–H groups in total. The van der Waals surface area contributed by atoms with Crippen molar-refractivity contribution in [2.24, 2.45) is 5.92 Å². The van der Waals surface area contributed by atoms with Crippen molar-refractivity contribution in [1.82, 2.24) is 14.1 Å². The number of imidazole rings is 1. The number of aryl methyl sites for hydroxylation is 1. The Morgan fingerprint density at radius 1 is 1.14 bits per heavy atom. The Morgan fingerprint density at radius 2 is 1.97 bits per heavy atom. The first kappa shape index (κ1) is 22.0. The number of nitrogens with zero attached hydrogens (tertiary/aromatic N) is 3. The predicted octanol–water partition coefficient (Wildman–Crippen LogP) is 5.87. The van der Waals surface area contributed by atoms with Crippen LogP contribution in [0.4, 0.5) is 5.69 Å². The molecule has 2 aromatic heterocycles. The first-order valence-corrected chi connectivity index (χ1v) is 12.7. The fourth-order valence-electron chi connectivity index (χ4n) is 6.31. The van der Waals surface area contributed by atoms with Crippen molar-refractivity contribution in [3.05, 3.63) is 53.9 Å². The molecule has 4 atom stereocenters. The molecular formula is C28H32N4O3. The van der Waals surface area contributed by atoms with Gasteiger partial charge in [0.15, 0.2) is 5.88 Å². The number of hydrogen-bond acceptors (Lipinski definition) is 4. The van der Waals surface area contributed by atoms with Crippen molar-refractivity contribution in [3.63, 3.8) is 0 Å². The molecule has 7 nitrogen and oxygen atoms in total. The monoisotopic (exact) mass is 472 g/mol. The van der Waals surface area contributed by atoms with Crippen LogP contribution >= 0.6 is 0 Å². The van der Waals surface area contributed by atoms with Gasteiger partial charge in [-0.15, -0.1) is 0 Å². The molecule has 0 radical (unpaired) electrons. The van der Waals surface area contributed by atoms with E-state index in [1.807, 2.05) is 28.8 Å². The van der Waals surface area contributed by atoms with Crippen molar-refractivity contribution >= 4 is 33.6 Å². The second kappa shape index (κ2) is 8.33. The average Bonchev–Trinajstić information content (AvgIpc) is 3.41. The lowest BCUT2D eigenvalue weighted by Crippen LogP contribution is -2.26. The molecule has 182 valence electrons. The van der Waals surface area contributed by atoms with Gasteiger partial charge in [0.25, 0.3) is 0 Å². The molecule has 1 saturated carbocycles. The molecule has 1 fully saturated rings. The summed E-state index contributed by atoms with van der Waals surface area (Å²) in [6, 6.07) is 14.3. The van der Waals surface area contributed by atoms with Gasteiger partial charge in [-0.3, -0.25) is 4.79 Å². The van der Waals surface area contributed by atoms with E-state index >= 15 is 0 Å². The van der Waals surface area contributed by atoms with E-state index in [0.717, 1.165) is 65.6 Å². The molecule has 0 amide bonds. The van der Waals surface area contributed by atoms with Crippen LogP contribution in [0.1, 0.15) is 69.4 Å². The predicted molar refractivity (Wildman–Crippen MR) is 137 cm³/mol. The first-order chi connectivity index (χ1) is 16.9. The maximum Gasteiger partial charge on any atom is 0.306 e. The fourth-order valence-corrected chi connectivity index (χ4v) is 6.31. The molecule has 0 bridgehead atoms. The molecule has 0 spiro atoms. The third kappa shape index (κ3) is 3.56. The fraction of sp³-hybridized carbons (Fsp3) is 0.429. The summed E-state index contributed by atoms with van der Waals surface area (Å²) in [6.07, 6.45) is 5.16. The van der Waals surface area contributed by atoms with Gasteiger partial charge in [-0.2, -0.15) is 0 Å². The number of aliphatic carboxylic acids is 1. The summed E-state index contributed by atoms with van der Waals surface area (Å²) in [7, 11) is 0. The lowest BCUT2D eigenvalue weighted by atomic mass is 9.85. The van der Waals surface area contributed by atoms with E-state index in [1.54, 1.807) is 6.07 Å². The Balaban J connectivity index is 1.55. The third-order valence-electron chi connectivity index (χ3n) is 8.07. The number of rotatable bonds is 4. The number of hydrogen-bond donors (Lipinski definition) is 3. The van der Waals surface area contributed by atoms with Crippen molar-refractivity contribution < 1.29 is 15.0 Å². The number of aromatic hydroxyl groups is 1. The van der Waals surface area contributed by atoms with E-state index in [1.165, 1.54) is 5.56 Å². The van der Waals surface area contributed by atoms with E-state index in [2.05, 4.69) is 35.9 Å². The zero-order chi connectivity index (χ0) is 24.3. The average molecular weight is 473 g/mol. The lowest BCUT2D eigenvalue weighted by Gasteiger charge is -2.31. The molecule has 4 aromatic rings. The van der Waals surface area contributed by atoms with Gasteiger partial charge < -0.3 is 24.7 Å². The van der Waals surface area contributed by atoms with Gasteiger partial charge in [-0.1, -0.05) is 24.6 Å². The number of carboxylic acids is 1. The zero-order valence-electron chi connectivity index (χ0n) is 20.2. The number of carboxylic acid groups (broad SMARTS) is 1. The van der Waals surface area contributed by atoms with Crippen molar-refractivity contribution in [2.45, 2.75) is 70.5 Å². The highest BCUT2D eigenvalue weighted by Gasteiger charge is 2.33. The zero-order valence-corrected chi connectivity index (χ0v) is 20.2. The van der Waals surface area contributed by atoms with Crippen LogP contribution in [0.5, 0.6) is 5.88 Å². The van der Waals surface area contributed by atoms with Crippen molar-refractivity contribution in [2.75, 3.05) is 5.32 Å². The number of aromatic nitrogens is 3. The summed E-state index contributed by atoms with van der Waals surface area (Å²) in [5.41, 5.74) is 5.40. The van der Waals surface area contributed by atoms with Crippen LogP contribution in [0.25, 0.3) is 21.9 Å². The van der Waals surface area contributed by atoms with E-state index in [-0.39, 0.29) is 23.9 Å². The number of fused-ring (bicyclic) bond motifs is 4. The largest absolute Gasteiger partial charge is 0.494 e. The Bertz CT molecular complexity index is 1440. The number of para-hydroxylation sites is 1. The third-order valence-corrected chi connectivity index (χ3v) is 8.07. The smallest absolute Gasteiger partial charge is 0.306 e. The second-order valence-electron chi connectivity index (χ2n) is 10.3. The summed E-state index contributed by atoms with van der Waals surface area (Å²) in [6.45, 7) is 4.28. The molecule has 2 aromatic carbocycles. The highest BCUT2D eigenvalue weighted by molar-refractivity contribution is 5.87. The van der Waals surface area contributed by atoms with Crippen LogP contribution in [-0.2, 0) is 11.2 Å². The van der Waals surface area contributed by atoms with Gasteiger partial charge in [0.05, 0.1) is 28.5 Å². The Labute approximate surface area is 204 Å². The second-order valence-corrected chi connectivity index (χ2v) is 10.3. The maximum atomic E-state index is 11.9. The molecule has 1 aliphatic carbocycles. The highest BCUT2D eigenvalue weighted by Crippen LogP contribution is 2.41. The van der Waals surface area contributed by atoms with E-state index < -0.39 is 5.97 Å². The molecule has 4 unspecified atom stereocenters. The van der Waals surface area contributed by atoms with Crippen molar-refractivity contribution in [3.8, 4) is 5.88 Å². The summed E-state index contributed by atoms with van der Waals surface area (Å²) < 4.78 is 4.24. The summed E-state index contributed by atoms with van der Waals surface area (Å²) >= 11 is 0. The summed E-state index contributed by atoms with van der Waals surface area (Å²) in [5.74, 6) is 0.0373. The minimum Gasteiger partial charge on any atom is -0.494 e. The Morgan fingerprint density at radius 3 is 2.80 bits per heavy atom. The van der Waals surface area contributed by atoms with Gasteiger partial charge in [-0.25, -0.2) is 4.98 Å². The van der Waals surface area contributed by atoms with Gasteiger partial charge >= 0.3 is 5.97 Å². The molecule has 1 aliphatic heterocycles. The SMILES string of the molecule is CC1CCc2c(ccc3c2nc(C(C)n2c(O)cc4ccccc42)n3C2CCCC(C(=O)O)C2)N1. The molecule has 0 saturated heterocycles. The quantitative estimate of drug-likeness (QED) is 0.346. The topological polar surface area (TPSA) is 92.3 Å². The minimum atomic E-state index is -0.710. The molecule has 35 heavy (non-hydrogen) atoms. The van der Waals surface area contributed by atoms with Gasteiger partial charge in [-0.05, 0) is 64.2 Å². The standard InChI is InChI=1S/C28H32N4O3/c1-16-10-11-21-22(29-16)12-13-24-26(21)30-27(32(24)20-8-5-7-19(14-20)28(34)35)17(2)31-23-9-4-3-6-18(23)15-25(31)33/h3-4,6,9,12-13,15-17,19-20,29,33H,5,7-8,10-11,14H2,1-2H3,(H,34,35). The Kier molecular flexibility index (Phi) is 5.24. The summed E-state index contributed by atoms with van der Waals surface area (Å²) in [4.78, 5) is 17.1.